The van der Waals surface area contributed by atoms with E-state index in [-0.39, 0.29) is 19.1 Å². The summed E-state index contributed by atoms with van der Waals surface area (Å²) in [7, 11) is 0. The van der Waals surface area contributed by atoms with Crippen LogP contribution in [-0.2, 0) is 20.9 Å². The van der Waals surface area contributed by atoms with Crippen molar-refractivity contribution in [3.05, 3.63) is 35.9 Å². The van der Waals surface area contributed by atoms with Crippen molar-refractivity contribution in [3.63, 3.8) is 0 Å². The van der Waals surface area contributed by atoms with Gasteiger partial charge in [0.1, 0.15) is 18.6 Å². The van der Waals surface area contributed by atoms with Crippen LogP contribution in [-0.4, -0.2) is 35.7 Å². The van der Waals surface area contributed by atoms with E-state index < -0.39 is 11.8 Å². The molecule has 108 valence electrons. The summed E-state index contributed by atoms with van der Waals surface area (Å²) in [6, 6.07) is 9.21. The second-order valence-corrected chi connectivity index (χ2v) is 5.22. The van der Waals surface area contributed by atoms with Gasteiger partial charge in [0.05, 0.1) is 12.6 Å². The van der Waals surface area contributed by atoms with Crippen LogP contribution >= 0.6 is 0 Å². The Labute approximate surface area is 118 Å². The number of benzene rings is 1. The van der Waals surface area contributed by atoms with E-state index in [0.717, 1.165) is 11.8 Å². The molecule has 0 saturated carbocycles. The smallest absolute Gasteiger partial charge is 0.412 e. The third kappa shape index (κ3) is 3.17. The monoisotopic (exact) mass is 277 g/mol. The zero-order valence-electron chi connectivity index (χ0n) is 11.7. The minimum atomic E-state index is -0.749. The molecular formula is C15H19NO4. The fourth-order valence-corrected chi connectivity index (χ4v) is 2.33. The lowest BCUT2D eigenvalue weighted by atomic mass is 10.2. The first-order chi connectivity index (χ1) is 9.54. The fraction of sp³-hybridized carbons (Fsp3) is 0.467. The van der Waals surface area contributed by atoms with E-state index in [1.54, 1.807) is 13.8 Å². The van der Waals surface area contributed by atoms with E-state index in [4.69, 9.17) is 9.47 Å². The number of nitrogens with zero attached hydrogens (tertiary/aromatic N) is 1. The summed E-state index contributed by atoms with van der Waals surface area (Å²) in [6.07, 6.45) is 0.597. The number of aldehydes is 1. The van der Waals surface area contributed by atoms with Gasteiger partial charge in [-0.1, -0.05) is 30.3 Å². The van der Waals surface area contributed by atoms with E-state index in [0.29, 0.717) is 6.61 Å². The average Bonchev–Trinajstić information content (AvgIpc) is 2.73. The van der Waals surface area contributed by atoms with Crippen LogP contribution in [0.2, 0.25) is 0 Å². The minimum Gasteiger partial charge on any atom is -0.444 e. The molecule has 0 bridgehead atoms. The highest BCUT2D eigenvalue weighted by atomic mass is 16.6. The number of carbonyl (C=O) groups is 2. The lowest BCUT2D eigenvalue weighted by Crippen LogP contribution is -2.48. The summed E-state index contributed by atoms with van der Waals surface area (Å²) >= 11 is 0. The van der Waals surface area contributed by atoms with E-state index in [1.807, 2.05) is 30.3 Å². The van der Waals surface area contributed by atoms with Gasteiger partial charge in [0.2, 0.25) is 0 Å². The molecular weight excluding hydrogens is 258 g/mol. The molecule has 0 spiro atoms. The van der Waals surface area contributed by atoms with Crippen LogP contribution in [0.25, 0.3) is 0 Å². The number of hydrogen-bond acceptors (Lipinski definition) is 4. The number of amides is 1. The van der Waals surface area contributed by atoms with Crippen molar-refractivity contribution in [1.29, 1.82) is 0 Å². The molecule has 0 N–H and O–H groups in total. The van der Waals surface area contributed by atoms with Crippen LogP contribution < -0.4 is 0 Å². The first-order valence-electron chi connectivity index (χ1n) is 6.62. The fourth-order valence-electron chi connectivity index (χ4n) is 2.33. The highest BCUT2D eigenvalue weighted by molar-refractivity contribution is 5.70. The Morgan fingerprint density at radius 2 is 2.15 bits per heavy atom. The van der Waals surface area contributed by atoms with Gasteiger partial charge >= 0.3 is 6.09 Å². The minimum absolute atomic E-state index is 0.208. The molecule has 5 heteroatoms. The molecule has 1 amide bonds. The van der Waals surface area contributed by atoms with Crippen LogP contribution in [0.3, 0.4) is 0 Å². The summed E-state index contributed by atoms with van der Waals surface area (Å²) in [5, 5.41) is 0. The van der Waals surface area contributed by atoms with Crippen molar-refractivity contribution < 1.29 is 19.1 Å². The maximum absolute atomic E-state index is 12.2. The zero-order chi connectivity index (χ0) is 14.6. The molecule has 0 aromatic heterocycles. The van der Waals surface area contributed by atoms with Gasteiger partial charge in [-0.3, -0.25) is 4.90 Å². The Hall–Kier alpha value is -1.88. The molecule has 20 heavy (non-hydrogen) atoms. The van der Waals surface area contributed by atoms with Gasteiger partial charge in [-0.15, -0.1) is 0 Å². The molecule has 1 fully saturated rings. The largest absolute Gasteiger partial charge is 0.444 e. The van der Waals surface area contributed by atoms with E-state index in [9.17, 15) is 9.59 Å². The molecule has 2 rings (SSSR count). The van der Waals surface area contributed by atoms with E-state index >= 15 is 0 Å². The lowest BCUT2D eigenvalue weighted by Gasteiger charge is -2.32. The van der Waals surface area contributed by atoms with Crippen LogP contribution in [0.5, 0.6) is 0 Å². The molecule has 0 unspecified atom stereocenters. The van der Waals surface area contributed by atoms with Crippen LogP contribution in [0.4, 0.5) is 4.79 Å². The highest BCUT2D eigenvalue weighted by Crippen LogP contribution is 2.29. The SMILES string of the molecule is CC1(C)OC[C@H](CC=O)N1C(=O)OCc1ccccc1. The van der Waals surface area contributed by atoms with Crippen LogP contribution in [0, 0.1) is 0 Å². The second kappa shape index (κ2) is 6.05. The maximum Gasteiger partial charge on any atom is 0.412 e. The van der Waals surface area contributed by atoms with Gasteiger partial charge in [-0.05, 0) is 19.4 Å². The van der Waals surface area contributed by atoms with Gasteiger partial charge < -0.3 is 14.3 Å². The van der Waals surface area contributed by atoms with Crippen molar-refractivity contribution in [1.82, 2.24) is 4.90 Å². The van der Waals surface area contributed by atoms with Crippen LogP contribution in [0.1, 0.15) is 25.8 Å². The molecule has 1 atom stereocenters. The predicted octanol–water partition coefficient (Wildman–Crippen LogP) is 2.35. The van der Waals surface area contributed by atoms with Gasteiger partial charge in [0.15, 0.2) is 0 Å². The average molecular weight is 277 g/mol. The first kappa shape index (κ1) is 14.5. The molecule has 1 aliphatic heterocycles. The molecule has 1 aliphatic rings. The summed E-state index contributed by atoms with van der Waals surface area (Å²) < 4.78 is 10.9. The van der Waals surface area contributed by atoms with E-state index in [1.165, 1.54) is 4.90 Å². The number of ether oxygens (including phenoxy) is 2. The third-order valence-corrected chi connectivity index (χ3v) is 3.34. The van der Waals surface area contributed by atoms with Gasteiger partial charge in [-0.2, -0.15) is 0 Å². The van der Waals surface area contributed by atoms with E-state index in [2.05, 4.69) is 0 Å². The number of carbonyl (C=O) groups excluding carboxylic acids is 2. The number of rotatable bonds is 4. The van der Waals surface area contributed by atoms with Crippen molar-refractivity contribution in [2.24, 2.45) is 0 Å². The Balaban J connectivity index is 2.00. The second-order valence-electron chi connectivity index (χ2n) is 5.22. The molecule has 0 aliphatic carbocycles. The zero-order valence-corrected chi connectivity index (χ0v) is 11.7. The predicted molar refractivity (Wildman–Crippen MR) is 73.0 cm³/mol. The van der Waals surface area contributed by atoms with Crippen molar-refractivity contribution in [3.8, 4) is 0 Å². The highest BCUT2D eigenvalue weighted by Gasteiger charge is 2.44. The summed E-state index contributed by atoms with van der Waals surface area (Å²) in [5.41, 5.74) is 0.173. The first-order valence-corrected chi connectivity index (χ1v) is 6.62. The normalized spacial score (nSPS) is 20.7. The van der Waals surface area contributed by atoms with Crippen molar-refractivity contribution in [2.45, 2.75) is 38.6 Å². The Morgan fingerprint density at radius 1 is 1.45 bits per heavy atom. The summed E-state index contributed by atoms with van der Waals surface area (Å²) in [5.74, 6) is 0. The molecule has 0 radical (unpaired) electrons. The standard InChI is InChI=1S/C15H19NO4/c1-15(2)16(13(8-9-17)11-20-15)14(18)19-10-12-6-4-3-5-7-12/h3-7,9,13H,8,10-11H2,1-2H3/t13-/m0/s1. The lowest BCUT2D eigenvalue weighted by molar-refractivity contribution is -0.108. The molecule has 1 saturated heterocycles. The summed E-state index contributed by atoms with van der Waals surface area (Å²) in [4.78, 5) is 24.4. The maximum atomic E-state index is 12.2. The van der Waals surface area contributed by atoms with Gasteiger partial charge in [0.25, 0.3) is 0 Å². The van der Waals surface area contributed by atoms with Gasteiger partial charge in [0, 0.05) is 6.42 Å². The Morgan fingerprint density at radius 3 is 2.80 bits per heavy atom. The molecule has 1 aromatic carbocycles. The topological polar surface area (TPSA) is 55.8 Å². The molecule has 1 heterocycles. The third-order valence-electron chi connectivity index (χ3n) is 3.34. The number of hydrogen-bond donors (Lipinski definition) is 0. The Kier molecular flexibility index (Phi) is 4.39. The van der Waals surface area contributed by atoms with Crippen LogP contribution in [0.15, 0.2) is 30.3 Å². The van der Waals surface area contributed by atoms with Gasteiger partial charge in [-0.25, -0.2) is 4.79 Å². The van der Waals surface area contributed by atoms with Crippen molar-refractivity contribution >= 4 is 12.4 Å². The molecule has 1 aromatic rings. The van der Waals surface area contributed by atoms with Crippen molar-refractivity contribution in [2.75, 3.05) is 6.61 Å². The quantitative estimate of drug-likeness (QED) is 0.793. The molecule has 5 nitrogen and oxygen atoms in total. The Bertz CT molecular complexity index is 472. The summed E-state index contributed by atoms with van der Waals surface area (Å²) in [6.45, 7) is 4.15.